The first-order chi connectivity index (χ1) is 8.65. The van der Waals surface area contributed by atoms with Gasteiger partial charge in [-0.05, 0) is 40.5 Å². The van der Waals surface area contributed by atoms with E-state index in [9.17, 15) is 0 Å². The Balaban J connectivity index is 2.39. The highest BCUT2D eigenvalue weighted by atomic mass is 79.9. The Bertz CT molecular complexity index is 542. The zero-order valence-corrected chi connectivity index (χ0v) is 11.8. The molecule has 0 aliphatic rings. The molecule has 1 atom stereocenters. The van der Waals surface area contributed by atoms with Crippen molar-refractivity contribution >= 4 is 15.9 Å². The largest absolute Gasteiger partial charge is 0.497 e. The van der Waals surface area contributed by atoms with Gasteiger partial charge in [-0.15, -0.1) is 10.2 Å². The third kappa shape index (κ3) is 2.54. The molecule has 1 aromatic carbocycles. The highest BCUT2D eigenvalue weighted by Crippen LogP contribution is 2.31. The molecular weight excluding hydrogens is 298 g/mol. The molecule has 0 saturated heterocycles. The fraction of sp³-hybridized carbons (Fsp3) is 0.333. The maximum absolute atomic E-state index is 5.85. The van der Waals surface area contributed by atoms with E-state index < -0.39 is 0 Å². The summed E-state index contributed by atoms with van der Waals surface area (Å²) in [6.07, 6.45) is 0.751. The maximum Gasteiger partial charge on any atom is 0.249 e. The lowest BCUT2D eigenvalue weighted by Crippen LogP contribution is -2.08. The molecule has 1 heterocycles. The smallest absolute Gasteiger partial charge is 0.249 e. The van der Waals surface area contributed by atoms with Crippen LogP contribution in [0.5, 0.6) is 5.75 Å². The molecule has 0 amide bonds. The number of benzene rings is 1. The summed E-state index contributed by atoms with van der Waals surface area (Å²) in [6, 6.07) is 5.33. The Morgan fingerprint density at radius 2 is 2.22 bits per heavy atom. The number of rotatable bonds is 4. The first-order valence-corrected chi connectivity index (χ1v) is 6.38. The highest BCUT2D eigenvalue weighted by Gasteiger charge is 2.16. The minimum atomic E-state index is -0.226. The minimum Gasteiger partial charge on any atom is -0.497 e. The number of hydrogen-bond acceptors (Lipinski definition) is 5. The summed E-state index contributed by atoms with van der Waals surface area (Å²) in [7, 11) is 1.61. The molecule has 6 heteroatoms. The van der Waals surface area contributed by atoms with Crippen LogP contribution in [0.2, 0.25) is 0 Å². The standard InChI is InChI=1S/C12H14BrN3O2/c1-3-10(14)12-16-15-11(18-12)8-6-7(17-2)4-5-9(8)13/h4-6,10H,3,14H2,1-2H3. The maximum atomic E-state index is 5.85. The topological polar surface area (TPSA) is 74.2 Å². The van der Waals surface area contributed by atoms with E-state index in [4.69, 9.17) is 14.9 Å². The molecule has 5 nitrogen and oxygen atoms in total. The number of aromatic nitrogens is 2. The molecule has 96 valence electrons. The Morgan fingerprint density at radius 1 is 1.44 bits per heavy atom. The van der Waals surface area contributed by atoms with Crippen molar-refractivity contribution in [3.05, 3.63) is 28.6 Å². The van der Waals surface area contributed by atoms with Crippen molar-refractivity contribution in [3.8, 4) is 17.2 Å². The molecule has 0 saturated carbocycles. The van der Waals surface area contributed by atoms with Crippen molar-refractivity contribution in [3.63, 3.8) is 0 Å². The zero-order chi connectivity index (χ0) is 13.1. The van der Waals surface area contributed by atoms with Gasteiger partial charge in [-0.3, -0.25) is 0 Å². The van der Waals surface area contributed by atoms with Gasteiger partial charge in [0.05, 0.1) is 18.7 Å². The van der Waals surface area contributed by atoms with Crippen LogP contribution in [-0.2, 0) is 0 Å². The molecule has 0 spiro atoms. The highest BCUT2D eigenvalue weighted by molar-refractivity contribution is 9.10. The lowest BCUT2D eigenvalue weighted by atomic mass is 10.2. The third-order valence-electron chi connectivity index (χ3n) is 2.60. The molecule has 0 radical (unpaired) electrons. The number of nitrogens with two attached hydrogens (primary N) is 1. The van der Waals surface area contributed by atoms with Gasteiger partial charge in [0.25, 0.3) is 0 Å². The number of nitrogens with zero attached hydrogens (tertiary/aromatic N) is 2. The normalized spacial score (nSPS) is 12.4. The number of ether oxygens (including phenoxy) is 1. The summed E-state index contributed by atoms with van der Waals surface area (Å²) in [5.74, 6) is 1.61. The Morgan fingerprint density at radius 3 is 2.89 bits per heavy atom. The molecule has 1 aromatic heterocycles. The Labute approximate surface area is 113 Å². The average Bonchev–Trinajstić information content (AvgIpc) is 2.88. The second-order valence-electron chi connectivity index (χ2n) is 3.81. The predicted molar refractivity (Wildman–Crippen MR) is 71.2 cm³/mol. The summed E-state index contributed by atoms with van der Waals surface area (Å²) in [6.45, 7) is 1.97. The van der Waals surface area contributed by atoms with Crippen LogP contribution in [0.4, 0.5) is 0 Å². The van der Waals surface area contributed by atoms with E-state index in [1.807, 2.05) is 25.1 Å². The van der Waals surface area contributed by atoms with E-state index in [0.29, 0.717) is 11.8 Å². The van der Waals surface area contributed by atoms with E-state index in [1.54, 1.807) is 7.11 Å². The van der Waals surface area contributed by atoms with Crippen LogP contribution in [-0.4, -0.2) is 17.3 Å². The molecule has 18 heavy (non-hydrogen) atoms. The summed E-state index contributed by atoms with van der Waals surface area (Å²) in [5, 5.41) is 7.97. The van der Waals surface area contributed by atoms with E-state index in [-0.39, 0.29) is 6.04 Å². The fourth-order valence-corrected chi connectivity index (χ4v) is 1.88. The van der Waals surface area contributed by atoms with Crippen molar-refractivity contribution < 1.29 is 9.15 Å². The molecule has 0 aliphatic heterocycles. The van der Waals surface area contributed by atoms with Gasteiger partial charge >= 0.3 is 0 Å². The van der Waals surface area contributed by atoms with Crippen LogP contribution in [0, 0.1) is 0 Å². The molecule has 0 fully saturated rings. The van der Waals surface area contributed by atoms with Crippen molar-refractivity contribution in [2.75, 3.05) is 7.11 Å². The molecule has 1 unspecified atom stereocenters. The van der Waals surface area contributed by atoms with Gasteiger partial charge in [0.15, 0.2) is 0 Å². The average molecular weight is 312 g/mol. The van der Waals surface area contributed by atoms with Gasteiger partial charge in [0.2, 0.25) is 11.8 Å². The summed E-state index contributed by atoms with van der Waals surface area (Å²) >= 11 is 3.45. The summed E-state index contributed by atoms with van der Waals surface area (Å²) in [4.78, 5) is 0. The van der Waals surface area contributed by atoms with Crippen molar-refractivity contribution in [1.29, 1.82) is 0 Å². The van der Waals surface area contributed by atoms with Gasteiger partial charge < -0.3 is 14.9 Å². The van der Waals surface area contributed by atoms with Gasteiger partial charge in [0, 0.05) is 4.47 Å². The third-order valence-corrected chi connectivity index (χ3v) is 3.29. The van der Waals surface area contributed by atoms with E-state index >= 15 is 0 Å². The molecule has 2 aromatic rings. The second kappa shape index (κ2) is 5.49. The summed E-state index contributed by atoms with van der Waals surface area (Å²) < 4.78 is 11.6. The van der Waals surface area contributed by atoms with E-state index in [2.05, 4.69) is 26.1 Å². The minimum absolute atomic E-state index is 0.226. The first-order valence-electron chi connectivity index (χ1n) is 5.58. The van der Waals surface area contributed by atoms with Crippen LogP contribution in [0.25, 0.3) is 11.5 Å². The van der Waals surface area contributed by atoms with Gasteiger partial charge in [0.1, 0.15) is 5.75 Å². The molecule has 2 rings (SSSR count). The molecule has 0 aliphatic carbocycles. The number of methoxy groups -OCH3 is 1. The van der Waals surface area contributed by atoms with Gasteiger partial charge in [-0.2, -0.15) is 0 Å². The SMILES string of the molecule is CCC(N)c1nnc(-c2cc(OC)ccc2Br)o1. The van der Waals surface area contributed by atoms with Crippen molar-refractivity contribution in [1.82, 2.24) is 10.2 Å². The van der Waals surface area contributed by atoms with E-state index in [1.165, 1.54) is 0 Å². The van der Waals surface area contributed by atoms with Crippen LogP contribution in [0.1, 0.15) is 25.3 Å². The molecule has 2 N–H and O–H groups in total. The number of halogens is 1. The molecule has 0 bridgehead atoms. The Kier molecular flexibility index (Phi) is 3.98. The van der Waals surface area contributed by atoms with Crippen LogP contribution in [0.3, 0.4) is 0 Å². The van der Waals surface area contributed by atoms with E-state index in [0.717, 1.165) is 22.2 Å². The zero-order valence-electron chi connectivity index (χ0n) is 10.2. The molecular formula is C12H14BrN3O2. The van der Waals surface area contributed by atoms with Gasteiger partial charge in [-0.1, -0.05) is 6.92 Å². The summed E-state index contributed by atoms with van der Waals surface area (Å²) in [5.41, 5.74) is 6.64. The predicted octanol–water partition coefficient (Wildman–Crippen LogP) is 2.92. The lowest BCUT2D eigenvalue weighted by molar-refractivity contribution is 0.414. The van der Waals surface area contributed by atoms with Crippen LogP contribution in [0.15, 0.2) is 27.1 Å². The Hall–Kier alpha value is -1.40. The lowest BCUT2D eigenvalue weighted by Gasteiger charge is -2.04. The van der Waals surface area contributed by atoms with Crippen molar-refractivity contribution in [2.45, 2.75) is 19.4 Å². The van der Waals surface area contributed by atoms with Gasteiger partial charge in [-0.25, -0.2) is 0 Å². The number of hydrogen-bond donors (Lipinski definition) is 1. The second-order valence-corrected chi connectivity index (χ2v) is 4.66. The first kappa shape index (κ1) is 13.0. The van der Waals surface area contributed by atoms with Crippen LogP contribution >= 0.6 is 15.9 Å². The quantitative estimate of drug-likeness (QED) is 0.939. The fourth-order valence-electron chi connectivity index (χ4n) is 1.46. The monoisotopic (exact) mass is 311 g/mol. The van der Waals surface area contributed by atoms with Crippen LogP contribution < -0.4 is 10.5 Å². The van der Waals surface area contributed by atoms with Crippen molar-refractivity contribution in [2.24, 2.45) is 5.73 Å².